The van der Waals surface area contributed by atoms with Gasteiger partial charge in [0, 0.05) is 13.2 Å². The van der Waals surface area contributed by atoms with Crippen LogP contribution in [0, 0.1) is 5.95 Å². The third kappa shape index (κ3) is 3.85. The molecule has 3 nitrogen and oxygen atoms in total. The number of hydrogen-bond donors (Lipinski definition) is 1. The van der Waals surface area contributed by atoms with Gasteiger partial charge in [-0.2, -0.15) is 4.39 Å². The van der Waals surface area contributed by atoms with Crippen LogP contribution in [0.2, 0.25) is 0 Å². The first-order chi connectivity index (χ1) is 6.33. The Labute approximate surface area is 76.9 Å². The van der Waals surface area contributed by atoms with Gasteiger partial charge in [0.05, 0.1) is 6.61 Å². The summed E-state index contributed by atoms with van der Waals surface area (Å²) in [4.78, 5) is 3.64. The minimum atomic E-state index is -0.471. The molecular weight excluding hydrogens is 171 g/mol. The van der Waals surface area contributed by atoms with Crippen LogP contribution < -0.4 is 5.32 Å². The van der Waals surface area contributed by atoms with E-state index in [9.17, 15) is 4.39 Å². The van der Waals surface area contributed by atoms with Crippen LogP contribution in [-0.2, 0) is 4.74 Å². The molecule has 0 radical (unpaired) electrons. The number of halogens is 1. The smallest absolute Gasteiger partial charge is 0.214 e. The number of anilines is 1. The van der Waals surface area contributed by atoms with Gasteiger partial charge in [0.15, 0.2) is 0 Å². The average Bonchev–Trinajstić information content (AvgIpc) is 2.13. The van der Waals surface area contributed by atoms with Crippen molar-refractivity contribution in [2.75, 3.05) is 25.1 Å². The van der Waals surface area contributed by atoms with Crippen molar-refractivity contribution >= 4 is 5.82 Å². The second-order valence-electron chi connectivity index (χ2n) is 2.47. The maximum absolute atomic E-state index is 12.6. The van der Waals surface area contributed by atoms with Crippen molar-refractivity contribution in [3.63, 3.8) is 0 Å². The van der Waals surface area contributed by atoms with Gasteiger partial charge in [-0.15, -0.1) is 0 Å². The highest BCUT2D eigenvalue weighted by atomic mass is 19.1. The van der Waals surface area contributed by atoms with Crippen LogP contribution in [0.5, 0.6) is 0 Å². The van der Waals surface area contributed by atoms with E-state index in [0.29, 0.717) is 25.6 Å². The molecule has 0 amide bonds. The molecule has 0 bridgehead atoms. The fraction of sp³-hybridized carbons (Fsp3) is 0.444. The number of nitrogens with one attached hydrogen (secondary N) is 1. The molecule has 0 saturated heterocycles. The summed E-state index contributed by atoms with van der Waals surface area (Å²) >= 11 is 0. The van der Waals surface area contributed by atoms with Crippen LogP contribution in [-0.4, -0.2) is 24.7 Å². The normalized spacial score (nSPS) is 10.0. The molecule has 1 N–H and O–H groups in total. The second-order valence-corrected chi connectivity index (χ2v) is 2.47. The van der Waals surface area contributed by atoms with E-state index < -0.39 is 5.95 Å². The molecule has 1 aromatic rings. The molecule has 0 atom stereocenters. The Morgan fingerprint density at radius 3 is 3.08 bits per heavy atom. The molecule has 1 heterocycles. The zero-order valence-corrected chi connectivity index (χ0v) is 7.59. The third-order valence-corrected chi connectivity index (χ3v) is 1.47. The molecule has 0 aliphatic heterocycles. The molecular formula is C9H13FN2O. The Balaban J connectivity index is 2.28. The maximum Gasteiger partial charge on any atom is 0.214 e. The van der Waals surface area contributed by atoms with Crippen molar-refractivity contribution in [3.05, 3.63) is 24.1 Å². The predicted octanol–water partition coefficient (Wildman–Crippen LogP) is 1.67. The van der Waals surface area contributed by atoms with E-state index in [0.717, 1.165) is 0 Å². The minimum absolute atomic E-state index is 0.471. The summed E-state index contributed by atoms with van der Waals surface area (Å²) in [6, 6.07) is 4.65. The van der Waals surface area contributed by atoms with Crippen LogP contribution >= 0.6 is 0 Å². The number of hydrogen-bond acceptors (Lipinski definition) is 3. The summed E-state index contributed by atoms with van der Waals surface area (Å²) in [5.74, 6) is 0.0705. The average molecular weight is 184 g/mol. The van der Waals surface area contributed by atoms with Crippen LogP contribution in [0.4, 0.5) is 10.2 Å². The molecule has 0 spiro atoms. The fourth-order valence-corrected chi connectivity index (χ4v) is 0.902. The van der Waals surface area contributed by atoms with Crippen LogP contribution in [0.3, 0.4) is 0 Å². The van der Waals surface area contributed by atoms with E-state index in [1.165, 1.54) is 6.07 Å². The topological polar surface area (TPSA) is 34.1 Å². The van der Waals surface area contributed by atoms with Crippen molar-refractivity contribution in [1.29, 1.82) is 0 Å². The monoisotopic (exact) mass is 184 g/mol. The van der Waals surface area contributed by atoms with Gasteiger partial charge in [0.25, 0.3) is 0 Å². The summed E-state index contributed by atoms with van der Waals surface area (Å²) < 4.78 is 17.7. The molecule has 0 aliphatic carbocycles. The number of pyridine rings is 1. The lowest BCUT2D eigenvalue weighted by molar-refractivity contribution is 0.158. The minimum Gasteiger partial charge on any atom is -0.380 e. The highest BCUT2D eigenvalue weighted by Gasteiger charge is 1.94. The summed E-state index contributed by atoms with van der Waals surface area (Å²) in [5, 5.41) is 2.94. The van der Waals surface area contributed by atoms with Crippen LogP contribution in [0.15, 0.2) is 18.2 Å². The van der Waals surface area contributed by atoms with Gasteiger partial charge in [0.2, 0.25) is 5.95 Å². The standard InChI is InChI=1S/C9H13FN2O/c1-2-13-7-6-11-9-5-3-4-8(10)12-9/h3-5H,2,6-7H2,1H3,(H,11,12). The molecule has 72 valence electrons. The maximum atomic E-state index is 12.6. The first kappa shape index (κ1) is 9.92. The molecule has 0 unspecified atom stereocenters. The van der Waals surface area contributed by atoms with E-state index in [2.05, 4.69) is 10.3 Å². The van der Waals surface area contributed by atoms with Crippen molar-refractivity contribution in [3.8, 4) is 0 Å². The molecule has 13 heavy (non-hydrogen) atoms. The van der Waals surface area contributed by atoms with Crippen molar-refractivity contribution in [2.24, 2.45) is 0 Å². The van der Waals surface area contributed by atoms with Gasteiger partial charge >= 0.3 is 0 Å². The zero-order chi connectivity index (χ0) is 9.52. The highest BCUT2D eigenvalue weighted by Crippen LogP contribution is 2.02. The quantitative estimate of drug-likeness (QED) is 0.558. The lowest BCUT2D eigenvalue weighted by Crippen LogP contribution is -2.10. The SMILES string of the molecule is CCOCCNc1cccc(F)n1. The first-order valence-electron chi connectivity index (χ1n) is 4.27. The van der Waals surface area contributed by atoms with Gasteiger partial charge in [0.1, 0.15) is 5.82 Å². The van der Waals surface area contributed by atoms with E-state index in [1.54, 1.807) is 12.1 Å². The van der Waals surface area contributed by atoms with Gasteiger partial charge in [-0.1, -0.05) is 6.07 Å². The summed E-state index contributed by atoms with van der Waals surface area (Å²) in [6.07, 6.45) is 0. The van der Waals surface area contributed by atoms with E-state index >= 15 is 0 Å². The highest BCUT2D eigenvalue weighted by molar-refractivity contribution is 5.33. The van der Waals surface area contributed by atoms with Gasteiger partial charge < -0.3 is 10.1 Å². The van der Waals surface area contributed by atoms with Crippen molar-refractivity contribution < 1.29 is 9.13 Å². The largest absolute Gasteiger partial charge is 0.380 e. The Hall–Kier alpha value is -1.16. The lowest BCUT2D eigenvalue weighted by Gasteiger charge is -2.04. The lowest BCUT2D eigenvalue weighted by atomic mass is 10.4. The molecule has 0 fully saturated rings. The van der Waals surface area contributed by atoms with Gasteiger partial charge in [-0.25, -0.2) is 4.98 Å². The van der Waals surface area contributed by atoms with Gasteiger partial charge in [-0.05, 0) is 19.1 Å². The molecule has 1 aromatic heterocycles. The Morgan fingerprint density at radius 1 is 1.54 bits per heavy atom. The van der Waals surface area contributed by atoms with E-state index in [4.69, 9.17) is 4.74 Å². The molecule has 0 saturated carbocycles. The van der Waals surface area contributed by atoms with E-state index in [-0.39, 0.29) is 0 Å². The molecule has 1 rings (SSSR count). The summed E-state index contributed by atoms with van der Waals surface area (Å²) in [7, 11) is 0. The molecule has 0 aliphatic rings. The van der Waals surface area contributed by atoms with Crippen LogP contribution in [0.25, 0.3) is 0 Å². The van der Waals surface area contributed by atoms with Crippen molar-refractivity contribution in [1.82, 2.24) is 4.98 Å². The molecule has 0 aromatic carbocycles. The number of nitrogens with zero attached hydrogens (tertiary/aromatic N) is 1. The second kappa shape index (κ2) is 5.48. The van der Waals surface area contributed by atoms with Crippen molar-refractivity contribution in [2.45, 2.75) is 6.92 Å². The number of aromatic nitrogens is 1. The Bertz CT molecular complexity index is 255. The van der Waals surface area contributed by atoms with Gasteiger partial charge in [-0.3, -0.25) is 0 Å². The fourth-order valence-electron chi connectivity index (χ4n) is 0.902. The Kier molecular flexibility index (Phi) is 4.18. The molecule has 4 heteroatoms. The third-order valence-electron chi connectivity index (χ3n) is 1.47. The zero-order valence-electron chi connectivity index (χ0n) is 7.59. The van der Waals surface area contributed by atoms with E-state index in [1.807, 2.05) is 6.92 Å². The summed E-state index contributed by atoms with van der Waals surface area (Å²) in [6.45, 7) is 3.87. The first-order valence-corrected chi connectivity index (χ1v) is 4.27. The summed E-state index contributed by atoms with van der Waals surface area (Å²) in [5.41, 5.74) is 0. The Morgan fingerprint density at radius 2 is 2.38 bits per heavy atom. The number of rotatable bonds is 5. The van der Waals surface area contributed by atoms with Crippen LogP contribution in [0.1, 0.15) is 6.92 Å². The predicted molar refractivity (Wildman–Crippen MR) is 49.2 cm³/mol. The number of ether oxygens (including phenoxy) is 1.